The van der Waals surface area contributed by atoms with Gasteiger partial charge >= 0.3 is 0 Å². The summed E-state index contributed by atoms with van der Waals surface area (Å²) in [5.74, 6) is 0.0727. The molecule has 0 radical (unpaired) electrons. The molecule has 9 heteroatoms. The smallest absolute Gasteiger partial charge is 0.262 e. The van der Waals surface area contributed by atoms with Crippen molar-refractivity contribution in [3.63, 3.8) is 0 Å². The van der Waals surface area contributed by atoms with Crippen molar-refractivity contribution >= 4 is 39.1 Å². The van der Waals surface area contributed by atoms with Gasteiger partial charge in [-0.3, -0.25) is 9.52 Å². The van der Waals surface area contributed by atoms with Crippen LogP contribution < -0.4 is 14.8 Å². The second-order valence-electron chi connectivity index (χ2n) is 6.61. The number of carbonyl (C=O) groups is 1. The van der Waals surface area contributed by atoms with E-state index in [0.717, 1.165) is 4.90 Å². The first-order valence-electron chi connectivity index (χ1n) is 9.22. The lowest BCUT2D eigenvalue weighted by atomic mass is 10.2. The van der Waals surface area contributed by atoms with Gasteiger partial charge in [-0.2, -0.15) is 0 Å². The molecule has 3 rings (SSSR count). The van der Waals surface area contributed by atoms with E-state index in [1.165, 1.54) is 37.1 Å². The van der Waals surface area contributed by atoms with Gasteiger partial charge in [0.2, 0.25) is 5.91 Å². The Morgan fingerprint density at radius 3 is 2.29 bits per heavy atom. The molecule has 31 heavy (non-hydrogen) atoms. The molecular weight excluding hydrogens is 439 g/mol. The molecule has 1 amide bonds. The van der Waals surface area contributed by atoms with Crippen molar-refractivity contribution in [1.29, 1.82) is 0 Å². The molecule has 2 N–H and O–H groups in total. The van der Waals surface area contributed by atoms with Gasteiger partial charge in [-0.05, 0) is 73.2 Å². The average molecular weight is 461 g/mol. The minimum absolute atomic E-state index is 0.0623. The number of benzene rings is 3. The van der Waals surface area contributed by atoms with Gasteiger partial charge in [0, 0.05) is 16.3 Å². The summed E-state index contributed by atoms with van der Waals surface area (Å²) in [6.07, 6.45) is 0. The summed E-state index contributed by atoms with van der Waals surface area (Å²) in [5, 5.41) is 2.70. The third-order valence-electron chi connectivity index (χ3n) is 4.29. The van der Waals surface area contributed by atoms with Crippen molar-refractivity contribution in [2.45, 2.75) is 16.7 Å². The highest BCUT2D eigenvalue weighted by molar-refractivity contribution is 8.00. The summed E-state index contributed by atoms with van der Waals surface area (Å²) in [6, 6.07) is 17.0. The molecule has 0 bridgehead atoms. The molecule has 0 spiro atoms. The molecule has 0 aliphatic carbocycles. The van der Waals surface area contributed by atoms with Gasteiger partial charge in [0.05, 0.1) is 17.8 Å². The van der Waals surface area contributed by atoms with E-state index in [4.69, 9.17) is 4.74 Å². The molecule has 0 aliphatic rings. The van der Waals surface area contributed by atoms with Crippen molar-refractivity contribution in [2.75, 3.05) is 22.9 Å². The molecule has 0 aromatic heterocycles. The fraction of sp³-hybridized carbons (Fsp3) is 0.136. The van der Waals surface area contributed by atoms with Gasteiger partial charge in [-0.1, -0.05) is 6.07 Å². The quantitative estimate of drug-likeness (QED) is 0.477. The highest BCUT2D eigenvalue weighted by Crippen LogP contribution is 2.25. The van der Waals surface area contributed by atoms with Crippen LogP contribution in [0.1, 0.15) is 5.56 Å². The van der Waals surface area contributed by atoms with Gasteiger partial charge in [0.1, 0.15) is 11.6 Å². The number of hydrogen-bond donors (Lipinski definition) is 2. The minimum atomic E-state index is -3.86. The third kappa shape index (κ3) is 6.22. The van der Waals surface area contributed by atoms with Crippen LogP contribution in [0.5, 0.6) is 5.75 Å². The van der Waals surface area contributed by atoms with Crippen LogP contribution in [0.3, 0.4) is 0 Å². The maximum atomic E-state index is 13.0. The third-order valence-corrected chi connectivity index (χ3v) is 6.82. The van der Waals surface area contributed by atoms with Crippen LogP contribution in [0, 0.1) is 12.7 Å². The monoisotopic (exact) mass is 460 g/mol. The first kappa shape index (κ1) is 22.6. The standard InChI is InChI=1S/C22H21FN2O4S2/c1-15-3-6-18(24-22(26)14-30-20-11-4-16(23)5-12-20)13-21(15)31(27,28)25-17-7-9-19(29-2)10-8-17/h3-13,25H,14H2,1-2H3,(H,24,26). The number of sulfonamides is 1. The summed E-state index contributed by atoms with van der Waals surface area (Å²) in [6.45, 7) is 1.68. The second-order valence-corrected chi connectivity index (χ2v) is 9.30. The van der Waals surface area contributed by atoms with Crippen LogP contribution in [0.25, 0.3) is 0 Å². The van der Waals surface area contributed by atoms with Gasteiger partial charge in [-0.25, -0.2) is 12.8 Å². The van der Waals surface area contributed by atoms with E-state index in [9.17, 15) is 17.6 Å². The number of halogens is 1. The van der Waals surface area contributed by atoms with Crippen LogP contribution in [0.4, 0.5) is 15.8 Å². The number of aryl methyl sites for hydroxylation is 1. The molecule has 162 valence electrons. The fourth-order valence-electron chi connectivity index (χ4n) is 2.71. The molecule has 0 saturated heterocycles. The summed E-state index contributed by atoms with van der Waals surface area (Å²) < 4.78 is 46.3. The lowest BCUT2D eigenvalue weighted by Gasteiger charge is -2.13. The molecule has 6 nitrogen and oxygen atoms in total. The largest absolute Gasteiger partial charge is 0.497 e. The molecule has 0 atom stereocenters. The average Bonchev–Trinajstić information content (AvgIpc) is 2.75. The van der Waals surface area contributed by atoms with Crippen LogP contribution in [-0.2, 0) is 14.8 Å². The van der Waals surface area contributed by atoms with Crippen LogP contribution >= 0.6 is 11.8 Å². The predicted octanol–water partition coefficient (Wildman–Crippen LogP) is 4.67. The first-order valence-corrected chi connectivity index (χ1v) is 11.7. The zero-order valence-corrected chi connectivity index (χ0v) is 18.5. The summed E-state index contributed by atoms with van der Waals surface area (Å²) in [7, 11) is -2.34. The Hall–Kier alpha value is -3.04. The Morgan fingerprint density at radius 2 is 1.65 bits per heavy atom. The number of rotatable bonds is 8. The van der Waals surface area contributed by atoms with E-state index in [0.29, 0.717) is 22.7 Å². The van der Waals surface area contributed by atoms with Crippen molar-refractivity contribution < 1.29 is 22.3 Å². The van der Waals surface area contributed by atoms with E-state index in [1.54, 1.807) is 55.5 Å². The molecule has 3 aromatic carbocycles. The lowest BCUT2D eigenvalue weighted by molar-refractivity contribution is -0.113. The molecular formula is C22H21FN2O4S2. The molecule has 3 aromatic rings. The Labute approximate surface area is 184 Å². The number of anilines is 2. The number of thioether (sulfide) groups is 1. The van der Waals surface area contributed by atoms with Crippen molar-refractivity contribution in [3.8, 4) is 5.75 Å². The van der Waals surface area contributed by atoms with E-state index < -0.39 is 10.0 Å². The maximum Gasteiger partial charge on any atom is 0.262 e. The summed E-state index contributed by atoms with van der Waals surface area (Å²) in [4.78, 5) is 13.1. The Kier molecular flexibility index (Phi) is 7.19. The van der Waals surface area contributed by atoms with E-state index >= 15 is 0 Å². The molecule has 0 unspecified atom stereocenters. The summed E-state index contributed by atoms with van der Waals surface area (Å²) in [5.41, 5.74) is 1.30. The van der Waals surface area contributed by atoms with Gasteiger partial charge in [0.25, 0.3) is 10.0 Å². The Bertz CT molecular complexity index is 1170. The van der Waals surface area contributed by atoms with Crippen molar-refractivity contribution in [1.82, 2.24) is 0 Å². The van der Waals surface area contributed by atoms with E-state index in [-0.39, 0.29) is 22.4 Å². The van der Waals surface area contributed by atoms with Crippen LogP contribution in [0.15, 0.2) is 76.5 Å². The zero-order valence-electron chi connectivity index (χ0n) is 16.9. The lowest BCUT2D eigenvalue weighted by Crippen LogP contribution is -2.17. The van der Waals surface area contributed by atoms with Gasteiger partial charge in [-0.15, -0.1) is 11.8 Å². The molecule has 0 fully saturated rings. The zero-order chi connectivity index (χ0) is 22.4. The number of amides is 1. The highest BCUT2D eigenvalue weighted by Gasteiger charge is 2.18. The number of ether oxygens (including phenoxy) is 1. The minimum Gasteiger partial charge on any atom is -0.497 e. The first-order chi connectivity index (χ1) is 14.8. The number of hydrogen-bond acceptors (Lipinski definition) is 5. The van der Waals surface area contributed by atoms with Crippen LogP contribution in [0.2, 0.25) is 0 Å². The SMILES string of the molecule is COc1ccc(NS(=O)(=O)c2cc(NC(=O)CSc3ccc(F)cc3)ccc2C)cc1. The second kappa shape index (κ2) is 9.84. The maximum absolute atomic E-state index is 13.0. The number of methoxy groups -OCH3 is 1. The highest BCUT2D eigenvalue weighted by atomic mass is 32.2. The van der Waals surface area contributed by atoms with Crippen molar-refractivity contribution in [3.05, 3.63) is 78.1 Å². The van der Waals surface area contributed by atoms with E-state index in [1.807, 2.05) is 0 Å². The molecule has 0 aliphatic heterocycles. The van der Waals surface area contributed by atoms with Crippen LogP contribution in [-0.4, -0.2) is 27.2 Å². The predicted molar refractivity (Wildman–Crippen MR) is 121 cm³/mol. The Balaban J connectivity index is 1.69. The van der Waals surface area contributed by atoms with Gasteiger partial charge in [0.15, 0.2) is 0 Å². The Morgan fingerprint density at radius 1 is 1.00 bits per heavy atom. The van der Waals surface area contributed by atoms with E-state index in [2.05, 4.69) is 10.0 Å². The number of carbonyl (C=O) groups excluding carboxylic acids is 1. The normalized spacial score (nSPS) is 11.1. The molecule has 0 heterocycles. The summed E-state index contributed by atoms with van der Waals surface area (Å²) >= 11 is 1.25. The number of nitrogens with one attached hydrogen (secondary N) is 2. The topological polar surface area (TPSA) is 84.5 Å². The van der Waals surface area contributed by atoms with Crippen molar-refractivity contribution in [2.24, 2.45) is 0 Å². The molecule has 0 saturated carbocycles. The van der Waals surface area contributed by atoms with Gasteiger partial charge < -0.3 is 10.1 Å². The fourth-order valence-corrected chi connectivity index (χ4v) is 4.74.